The van der Waals surface area contributed by atoms with Crippen LogP contribution in [-0.4, -0.2) is 16.1 Å². The van der Waals surface area contributed by atoms with Gasteiger partial charge in [0.25, 0.3) is 0 Å². The number of nitrogens with one attached hydrogen (secondary N) is 1. The van der Waals surface area contributed by atoms with Gasteiger partial charge in [0.2, 0.25) is 0 Å². The van der Waals surface area contributed by atoms with E-state index in [1.807, 2.05) is 0 Å². The van der Waals surface area contributed by atoms with E-state index in [1.54, 1.807) is 0 Å². The van der Waals surface area contributed by atoms with E-state index in [-0.39, 0.29) is 0 Å². The number of halogens is 1. The summed E-state index contributed by atoms with van der Waals surface area (Å²) in [4.78, 5) is 19.6. The van der Waals surface area contributed by atoms with E-state index in [9.17, 15) is 9.18 Å². The summed E-state index contributed by atoms with van der Waals surface area (Å²) in [7, 11) is 0. The Kier molecular flexibility index (Phi) is 2.18. The summed E-state index contributed by atoms with van der Waals surface area (Å²) in [6.07, 6.45) is 1.08. The highest BCUT2D eigenvalue weighted by Gasteiger charge is 2.20. The molecule has 0 aromatic carbocycles. The molecule has 1 fully saturated rings. The van der Waals surface area contributed by atoms with E-state index in [0.29, 0.717) is 13.0 Å². The van der Waals surface area contributed by atoms with Crippen molar-refractivity contribution in [2.75, 3.05) is 12.3 Å². The molecule has 0 radical (unpaired) electrons. The Labute approximate surface area is 78.5 Å². The quantitative estimate of drug-likeness (QED) is 0.631. The maximum absolute atomic E-state index is 13.0. The molecule has 1 aliphatic rings. The number of aromatic nitrogens is 2. The van der Waals surface area contributed by atoms with Crippen LogP contribution < -0.4 is 16.9 Å². The second-order valence-corrected chi connectivity index (χ2v) is 2.92. The molecule has 1 aromatic heterocycles. The molecule has 0 spiro atoms. The Morgan fingerprint density at radius 3 is 3.21 bits per heavy atom. The zero-order chi connectivity index (χ0) is 10.1. The fourth-order valence-electron chi connectivity index (χ4n) is 1.26. The minimum Gasteiger partial charge on any atom is -0.381 e. The molecule has 1 aliphatic heterocycles. The SMILES string of the molecule is Nc1nc(=O)n(C2CCNO2)cc1F. The summed E-state index contributed by atoms with van der Waals surface area (Å²) < 4.78 is 14.1. The molecule has 0 amide bonds. The Bertz CT molecular complexity index is 399. The van der Waals surface area contributed by atoms with Crippen LogP contribution in [0.15, 0.2) is 11.0 Å². The molecule has 1 atom stereocenters. The van der Waals surface area contributed by atoms with Gasteiger partial charge in [0, 0.05) is 13.0 Å². The van der Waals surface area contributed by atoms with Crippen LogP contribution in [0.25, 0.3) is 0 Å². The molecule has 6 nitrogen and oxygen atoms in total. The van der Waals surface area contributed by atoms with Gasteiger partial charge < -0.3 is 5.73 Å². The minimum atomic E-state index is -0.722. The number of anilines is 1. The largest absolute Gasteiger partial charge is 0.381 e. The number of nitrogen functional groups attached to an aromatic ring is 1. The van der Waals surface area contributed by atoms with Gasteiger partial charge in [-0.05, 0) is 0 Å². The zero-order valence-electron chi connectivity index (χ0n) is 7.24. The third-order valence-electron chi connectivity index (χ3n) is 1.96. The van der Waals surface area contributed by atoms with Gasteiger partial charge in [0.05, 0.1) is 6.20 Å². The van der Waals surface area contributed by atoms with Crippen LogP contribution in [0.4, 0.5) is 10.2 Å². The molecule has 1 saturated heterocycles. The highest BCUT2D eigenvalue weighted by Crippen LogP contribution is 2.14. The lowest BCUT2D eigenvalue weighted by Gasteiger charge is -2.11. The molecular weight excluding hydrogens is 191 g/mol. The lowest BCUT2D eigenvalue weighted by molar-refractivity contribution is -0.0124. The topological polar surface area (TPSA) is 82.2 Å². The molecule has 3 N–H and O–H groups in total. The van der Waals surface area contributed by atoms with Gasteiger partial charge >= 0.3 is 5.69 Å². The number of hydrogen-bond acceptors (Lipinski definition) is 5. The summed E-state index contributed by atoms with van der Waals surface area (Å²) in [5.74, 6) is -1.11. The van der Waals surface area contributed by atoms with Crippen molar-refractivity contribution >= 4 is 5.82 Å². The molecule has 2 heterocycles. The summed E-state index contributed by atoms with van der Waals surface area (Å²) in [5.41, 5.74) is 7.11. The molecule has 0 bridgehead atoms. The number of hydroxylamine groups is 1. The van der Waals surface area contributed by atoms with E-state index in [4.69, 9.17) is 10.6 Å². The predicted octanol–water partition coefficient (Wildman–Crippen LogP) is -0.612. The van der Waals surface area contributed by atoms with E-state index >= 15 is 0 Å². The molecule has 7 heteroatoms. The van der Waals surface area contributed by atoms with E-state index < -0.39 is 23.6 Å². The standard InChI is InChI=1S/C7H9FN4O2/c8-4-3-12(5-1-2-10-14-5)7(13)11-6(4)9/h3,5,10H,1-2H2,(H2,9,11,13). The lowest BCUT2D eigenvalue weighted by Crippen LogP contribution is -2.28. The predicted molar refractivity (Wildman–Crippen MR) is 45.6 cm³/mol. The number of nitrogens with zero attached hydrogens (tertiary/aromatic N) is 2. The molecule has 0 aliphatic carbocycles. The average molecular weight is 200 g/mol. The van der Waals surface area contributed by atoms with Gasteiger partial charge in [-0.2, -0.15) is 10.5 Å². The number of nitrogens with two attached hydrogens (primary N) is 1. The second-order valence-electron chi connectivity index (χ2n) is 2.92. The molecule has 1 unspecified atom stereocenters. The molecule has 2 rings (SSSR count). The first-order valence-corrected chi connectivity index (χ1v) is 4.11. The van der Waals surface area contributed by atoms with Gasteiger partial charge in [0.1, 0.15) is 0 Å². The Morgan fingerprint density at radius 2 is 2.57 bits per heavy atom. The maximum atomic E-state index is 13.0. The normalized spacial score (nSPS) is 21.4. The fraction of sp³-hybridized carbons (Fsp3) is 0.429. The Balaban J connectivity index is 2.42. The van der Waals surface area contributed by atoms with Crippen molar-refractivity contribution in [3.63, 3.8) is 0 Å². The first-order chi connectivity index (χ1) is 6.68. The molecule has 0 saturated carbocycles. The van der Waals surface area contributed by atoms with E-state index in [2.05, 4.69) is 10.5 Å². The molecule has 14 heavy (non-hydrogen) atoms. The van der Waals surface area contributed by atoms with Gasteiger partial charge in [-0.25, -0.2) is 9.18 Å². The Morgan fingerprint density at radius 1 is 1.79 bits per heavy atom. The van der Waals surface area contributed by atoms with Crippen LogP contribution in [0, 0.1) is 5.82 Å². The van der Waals surface area contributed by atoms with Crippen LogP contribution in [0.5, 0.6) is 0 Å². The highest BCUT2D eigenvalue weighted by atomic mass is 19.1. The second kappa shape index (κ2) is 3.35. The summed E-state index contributed by atoms with van der Waals surface area (Å²) in [6, 6.07) is 0. The smallest absolute Gasteiger partial charge is 0.351 e. The van der Waals surface area contributed by atoms with Gasteiger partial charge in [0.15, 0.2) is 17.9 Å². The molecule has 1 aromatic rings. The zero-order valence-corrected chi connectivity index (χ0v) is 7.24. The number of rotatable bonds is 1. The molecule has 76 valence electrons. The maximum Gasteiger partial charge on any atom is 0.351 e. The minimum absolute atomic E-state index is 0.391. The summed E-state index contributed by atoms with van der Waals surface area (Å²) >= 11 is 0. The van der Waals surface area contributed by atoms with Crippen molar-refractivity contribution in [2.45, 2.75) is 12.6 Å². The van der Waals surface area contributed by atoms with Gasteiger partial charge in [-0.15, -0.1) is 0 Å². The van der Waals surface area contributed by atoms with Crippen molar-refractivity contribution in [3.8, 4) is 0 Å². The third-order valence-corrected chi connectivity index (χ3v) is 1.96. The van der Waals surface area contributed by atoms with Crippen LogP contribution >= 0.6 is 0 Å². The van der Waals surface area contributed by atoms with Crippen molar-refractivity contribution in [1.29, 1.82) is 0 Å². The summed E-state index contributed by atoms with van der Waals surface area (Å²) in [6.45, 7) is 0.614. The average Bonchev–Trinajstić information content (AvgIpc) is 2.64. The highest BCUT2D eigenvalue weighted by molar-refractivity contribution is 5.26. The Hall–Kier alpha value is -1.47. The van der Waals surface area contributed by atoms with Gasteiger partial charge in [-0.3, -0.25) is 9.40 Å². The van der Waals surface area contributed by atoms with Crippen molar-refractivity contribution in [3.05, 3.63) is 22.5 Å². The van der Waals surface area contributed by atoms with Crippen LogP contribution in [0.3, 0.4) is 0 Å². The molecular formula is C7H9FN4O2. The van der Waals surface area contributed by atoms with E-state index in [0.717, 1.165) is 10.8 Å². The third kappa shape index (κ3) is 1.47. The number of hydrogen-bond donors (Lipinski definition) is 2. The fourth-order valence-corrected chi connectivity index (χ4v) is 1.26. The first-order valence-electron chi connectivity index (χ1n) is 4.11. The van der Waals surface area contributed by atoms with Gasteiger partial charge in [-0.1, -0.05) is 0 Å². The van der Waals surface area contributed by atoms with E-state index in [1.165, 1.54) is 0 Å². The monoisotopic (exact) mass is 200 g/mol. The lowest BCUT2D eigenvalue weighted by atomic mass is 10.4. The van der Waals surface area contributed by atoms with Crippen molar-refractivity contribution in [2.24, 2.45) is 0 Å². The van der Waals surface area contributed by atoms with Crippen molar-refractivity contribution in [1.82, 2.24) is 15.0 Å². The first kappa shape index (κ1) is 9.10. The van der Waals surface area contributed by atoms with Crippen LogP contribution in [0.2, 0.25) is 0 Å². The van der Waals surface area contributed by atoms with Crippen LogP contribution in [-0.2, 0) is 4.84 Å². The summed E-state index contributed by atoms with van der Waals surface area (Å²) in [5, 5.41) is 0. The van der Waals surface area contributed by atoms with Crippen LogP contribution in [0.1, 0.15) is 12.6 Å². The van der Waals surface area contributed by atoms with Crippen molar-refractivity contribution < 1.29 is 9.23 Å².